The minimum atomic E-state index is 0.720. The SMILES string of the molecule is CC(C)CS/C=N\N. The molecule has 0 fully saturated rings. The molecule has 0 bridgehead atoms. The van der Waals surface area contributed by atoms with Crippen LogP contribution in [-0.4, -0.2) is 11.3 Å². The zero-order valence-electron chi connectivity index (χ0n) is 5.29. The van der Waals surface area contributed by atoms with Crippen molar-refractivity contribution in [3.05, 3.63) is 0 Å². The Morgan fingerprint density at radius 2 is 2.38 bits per heavy atom. The summed E-state index contributed by atoms with van der Waals surface area (Å²) < 4.78 is 0. The highest BCUT2D eigenvalue weighted by atomic mass is 32.2. The Labute approximate surface area is 54.5 Å². The zero-order valence-corrected chi connectivity index (χ0v) is 6.11. The molecule has 0 unspecified atom stereocenters. The van der Waals surface area contributed by atoms with Crippen molar-refractivity contribution in [2.45, 2.75) is 13.8 Å². The molecule has 0 aliphatic carbocycles. The van der Waals surface area contributed by atoms with Gasteiger partial charge in [0.15, 0.2) is 0 Å². The molecule has 0 heterocycles. The van der Waals surface area contributed by atoms with E-state index in [2.05, 4.69) is 18.9 Å². The molecule has 48 valence electrons. The van der Waals surface area contributed by atoms with Crippen LogP contribution >= 0.6 is 11.8 Å². The number of rotatable bonds is 3. The Kier molecular flexibility index (Phi) is 4.85. The summed E-state index contributed by atoms with van der Waals surface area (Å²) in [6.07, 6.45) is 0. The number of thioether (sulfide) groups is 1. The average molecular weight is 132 g/mol. The van der Waals surface area contributed by atoms with Gasteiger partial charge in [-0.2, -0.15) is 5.10 Å². The quantitative estimate of drug-likeness (QED) is 0.272. The first-order valence-electron chi connectivity index (χ1n) is 2.60. The maximum Gasteiger partial charge on any atom is 0.0795 e. The molecule has 0 radical (unpaired) electrons. The van der Waals surface area contributed by atoms with Crippen molar-refractivity contribution in [1.82, 2.24) is 0 Å². The van der Waals surface area contributed by atoms with E-state index in [1.807, 2.05) is 0 Å². The zero-order chi connectivity index (χ0) is 6.41. The largest absolute Gasteiger partial charge is 0.323 e. The Balaban J connectivity index is 2.93. The molecular weight excluding hydrogens is 120 g/mol. The van der Waals surface area contributed by atoms with Crippen LogP contribution < -0.4 is 5.84 Å². The highest BCUT2D eigenvalue weighted by molar-refractivity contribution is 8.12. The van der Waals surface area contributed by atoms with E-state index in [-0.39, 0.29) is 0 Å². The molecule has 0 saturated heterocycles. The molecular formula is C5H12N2S. The number of hydrogen-bond acceptors (Lipinski definition) is 3. The predicted molar refractivity (Wildman–Crippen MR) is 40.0 cm³/mol. The molecule has 0 aromatic carbocycles. The lowest BCUT2D eigenvalue weighted by Gasteiger charge is -1.96. The molecule has 0 amide bonds. The van der Waals surface area contributed by atoms with Gasteiger partial charge in [0.1, 0.15) is 0 Å². The summed E-state index contributed by atoms with van der Waals surface area (Å²) in [6.45, 7) is 4.33. The summed E-state index contributed by atoms with van der Waals surface area (Å²) in [5.41, 5.74) is 1.67. The molecule has 0 aliphatic rings. The molecule has 0 aliphatic heterocycles. The van der Waals surface area contributed by atoms with E-state index in [4.69, 9.17) is 5.84 Å². The van der Waals surface area contributed by atoms with Gasteiger partial charge in [-0.05, 0) is 5.92 Å². The summed E-state index contributed by atoms with van der Waals surface area (Å²) in [5, 5.41) is 3.35. The van der Waals surface area contributed by atoms with Gasteiger partial charge in [-0.3, -0.25) is 0 Å². The van der Waals surface area contributed by atoms with Crippen LogP contribution in [0.3, 0.4) is 0 Å². The number of nitrogens with zero attached hydrogens (tertiary/aromatic N) is 1. The van der Waals surface area contributed by atoms with Crippen LogP contribution in [0.15, 0.2) is 5.10 Å². The van der Waals surface area contributed by atoms with Gasteiger partial charge in [0, 0.05) is 5.75 Å². The lowest BCUT2D eigenvalue weighted by atomic mass is 10.3. The van der Waals surface area contributed by atoms with Crippen LogP contribution in [0.1, 0.15) is 13.8 Å². The van der Waals surface area contributed by atoms with Crippen LogP contribution in [0.4, 0.5) is 0 Å². The second kappa shape index (κ2) is 4.97. The standard InChI is InChI=1S/C5H12N2S/c1-5(2)3-8-4-7-6/h4-5H,3,6H2,1-2H3/b7-4-. The molecule has 0 spiro atoms. The Bertz CT molecular complexity index is 70.8. The predicted octanol–water partition coefficient (Wildman–Crippen LogP) is 1.28. The first kappa shape index (κ1) is 7.82. The minimum Gasteiger partial charge on any atom is -0.323 e. The smallest absolute Gasteiger partial charge is 0.0795 e. The summed E-state index contributed by atoms with van der Waals surface area (Å²) in [7, 11) is 0. The van der Waals surface area contributed by atoms with E-state index >= 15 is 0 Å². The van der Waals surface area contributed by atoms with E-state index in [0.29, 0.717) is 0 Å². The number of hydrazone groups is 1. The first-order chi connectivity index (χ1) is 3.77. The van der Waals surface area contributed by atoms with Gasteiger partial charge < -0.3 is 5.84 Å². The molecule has 0 aromatic rings. The van der Waals surface area contributed by atoms with Gasteiger partial charge in [0.05, 0.1) is 5.55 Å². The molecule has 2 nitrogen and oxygen atoms in total. The summed E-state index contributed by atoms with van der Waals surface area (Å²) >= 11 is 1.64. The molecule has 8 heavy (non-hydrogen) atoms. The Morgan fingerprint density at radius 1 is 1.75 bits per heavy atom. The van der Waals surface area contributed by atoms with Gasteiger partial charge >= 0.3 is 0 Å². The van der Waals surface area contributed by atoms with Crippen molar-refractivity contribution in [3.8, 4) is 0 Å². The fraction of sp³-hybridized carbons (Fsp3) is 0.800. The van der Waals surface area contributed by atoms with Crippen LogP contribution in [0.25, 0.3) is 0 Å². The second-order valence-electron chi connectivity index (χ2n) is 1.98. The van der Waals surface area contributed by atoms with Crippen molar-refractivity contribution in [2.75, 3.05) is 5.75 Å². The fourth-order valence-electron chi connectivity index (χ4n) is 0.279. The van der Waals surface area contributed by atoms with Crippen molar-refractivity contribution < 1.29 is 0 Å². The van der Waals surface area contributed by atoms with Crippen molar-refractivity contribution in [2.24, 2.45) is 16.9 Å². The summed E-state index contributed by atoms with van der Waals surface area (Å²) in [6, 6.07) is 0. The monoisotopic (exact) mass is 132 g/mol. The van der Waals surface area contributed by atoms with E-state index < -0.39 is 0 Å². The van der Waals surface area contributed by atoms with Crippen LogP contribution in [0, 0.1) is 5.92 Å². The second-order valence-corrected chi connectivity index (χ2v) is 2.86. The van der Waals surface area contributed by atoms with E-state index in [1.54, 1.807) is 17.3 Å². The maximum atomic E-state index is 4.86. The normalized spacial score (nSPS) is 11.4. The van der Waals surface area contributed by atoms with E-state index in [1.165, 1.54) is 0 Å². The topological polar surface area (TPSA) is 38.4 Å². The van der Waals surface area contributed by atoms with Crippen LogP contribution in [0.5, 0.6) is 0 Å². The van der Waals surface area contributed by atoms with Gasteiger partial charge in [-0.1, -0.05) is 13.8 Å². The molecule has 3 heteroatoms. The van der Waals surface area contributed by atoms with Crippen molar-refractivity contribution >= 4 is 17.3 Å². The lowest BCUT2D eigenvalue weighted by molar-refractivity contribution is 0.752. The van der Waals surface area contributed by atoms with Gasteiger partial charge in [-0.25, -0.2) is 0 Å². The third-order valence-corrected chi connectivity index (χ3v) is 1.69. The number of hydrogen-bond donors (Lipinski definition) is 1. The average Bonchev–Trinajstić information content (AvgIpc) is 1.66. The van der Waals surface area contributed by atoms with Crippen molar-refractivity contribution in [3.63, 3.8) is 0 Å². The van der Waals surface area contributed by atoms with Gasteiger partial charge in [-0.15, -0.1) is 11.8 Å². The van der Waals surface area contributed by atoms with Gasteiger partial charge in [0.25, 0.3) is 0 Å². The van der Waals surface area contributed by atoms with E-state index in [0.717, 1.165) is 11.7 Å². The highest BCUT2D eigenvalue weighted by Crippen LogP contribution is 2.02. The third-order valence-electron chi connectivity index (χ3n) is 0.565. The van der Waals surface area contributed by atoms with Gasteiger partial charge in [0.2, 0.25) is 0 Å². The number of nitrogens with two attached hydrogens (primary N) is 1. The fourth-order valence-corrected chi connectivity index (χ4v) is 0.836. The van der Waals surface area contributed by atoms with Crippen LogP contribution in [-0.2, 0) is 0 Å². The minimum absolute atomic E-state index is 0.720. The third kappa shape index (κ3) is 5.82. The molecule has 0 rings (SSSR count). The van der Waals surface area contributed by atoms with Crippen molar-refractivity contribution in [1.29, 1.82) is 0 Å². The molecule has 0 saturated carbocycles. The Hall–Kier alpha value is -0.180. The summed E-state index contributed by atoms with van der Waals surface area (Å²) in [5.74, 6) is 6.68. The molecule has 0 aromatic heterocycles. The highest BCUT2D eigenvalue weighted by Gasteiger charge is 1.88. The summed E-state index contributed by atoms with van der Waals surface area (Å²) in [4.78, 5) is 0. The molecule has 0 atom stereocenters. The first-order valence-corrected chi connectivity index (χ1v) is 3.65. The van der Waals surface area contributed by atoms with Crippen LogP contribution in [0.2, 0.25) is 0 Å². The lowest BCUT2D eigenvalue weighted by Crippen LogP contribution is -1.90. The van der Waals surface area contributed by atoms with E-state index in [9.17, 15) is 0 Å². The Morgan fingerprint density at radius 3 is 2.75 bits per heavy atom. The molecule has 2 N–H and O–H groups in total. The maximum absolute atomic E-state index is 4.86.